The Morgan fingerprint density at radius 3 is 2.78 bits per heavy atom. The fourth-order valence-corrected chi connectivity index (χ4v) is 3.40. The lowest BCUT2D eigenvalue weighted by molar-refractivity contribution is 0.206. The quantitative estimate of drug-likeness (QED) is 0.649. The third-order valence-electron chi connectivity index (χ3n) is 4.40. The first kappa shape index (κ1) is 17.6. The van der Waals surface area contributed by atoms with E-state index in [0.29, 0.717) is 25.3 Å². The number of carbonyl (C=O) groups is 1. The smallest absolute Gasteiger partial charge is 0.320 e. The van der Waals surface area contributed by atoms with Gasteiger partial charge in [-0.3, -0.25) is 0 Å². The van der Waals surface area contributed by atoms with Crippen LogP contribution in [0.1, 0.15) is 11.3 Å². The first-order chi connectivity index (χ1) is 13.1. The van der Waals surface area contributed by atoms with Crippen LogP contribution in [-0.4, -0.2) is 27.4 Å². The second-order valence-corrected chi connectivity index (χ2v) is 7.20. The van der Waals surface area contributed by atoms with E-state index in [4.69, 9.17) is 0 Å². The summed E-state index contributed by atoms with van der Waals surface area (Å²) >= 11 is 3.40. The molecule has 27 heavy (non-hydrogen) atoms. The van der Waals surface area contributed by atoms with Crippen molar-refractivity contribution in [3.63, 3.8) is 0 Å². The Labute approximate surface area is 164 Å². The number of hydrogen-bond acceptors (Lipinski definition) is 3. The number of benzene rings is 2. The van der Waals surface area contributed by atoms with E-state index in [-0.39, 0.29) is 11.8 Å². The maximum Gasteiger partial charge on any atom is 0.322 e. The van der Waals surface area contributed by atoms with E-state index in [9.17, 15) is 9.18 Å². The SMILES string of the molecule is O=C(Nc1cccc(Br)c1)N1CCc2nc(-c3ccc(F)cc3)ncc2C1. The number of rotatable bonds is 2. The summed E-state index contributed by atoms with van der Waals surface area (Å²) in [6, 6.07) is 13.4. The lowest BCUT2D eigenvalue weighted by Crippen LogP contribution is -2.39. The maximum absolute atomic E-state index is 13.1. The summed E-state index contributed by atoms with van der Waals surface area (Å²) in [7, 11) is 0. The molecule has 0 saturated carbocycles. The number of anilines is 1. The molecule has 0 spiro atoms. The summed E-state index contributed by atoms with van der Waals surface area (Å²) in [6.45, 7) is 1.03. The molecule has 0 bridgehead atoms. The standard InChI is InChI=1S/C20H16BrFN4O/c21-15-2-1-3-17(10-15)24-20(27)26-9-8-18-14(12-26)11-23-19(25-18)13-4-6-16(22)7-5-13/h1-7,10-11H,8-9,12H2,(H,24,27). The van der Waals surface area contributed by atoms with E-state index in [1.165, 1.54) is 12.1 Å². The average Bonchev–Trinajstić information content (AvgIpc) is 2.68. The molecule has 4 rings (SSSR count). The Bertz CT molecular complexity index is 994. The molecule has 0 unspecified atom stereocenters. The predicted octanol–water partition coefficient (Wildman–Crippen LogP) is 4.64. The van der Waals surface area contributed by atoms with Gasteiger partial charge >= 0.3 is 6.03 Å². The highest BCUT2D eigenvalue weighted by Crippen LogP contribution is 2.22. The highest BCUT2D eigenvalue weighted by atomic mass is 79.9. The molecule has 0 radical (unpaired) electrons. The summed E-state index contributed by atoms with van der Waals surface area (Å²) in [5.41, 5.74) is 3.37. The minimum atomic E-state index is -0.288. The molecule has 3 aromatic rings. The topological polar surface area (TPSA) is 58.1 Å². The Kier molecular flexibility index (Phi) is 4.85. The second kappa shape index (κ2) is 7.44. The molecule has 136 valence electrons. The number of fused-ring (bicyclic) bond motifs is 1. The van der Waals surface area contributed by atoms with E-state index < -0.39 is 0 Å². The van der Waals surface area contributed by atoms with Gasteiger partial charge in [0, 0.05) is 40.4 Å². The van der Waals surface area contributed by atoms with Crippen LogP contribution in [0.25, 0.3) is 11.4 Å². The van der Waals surface area contributed by atoms with Gasteiger partial charge in [-0.1, -0.05) is 22.0 Å². The second-order valence-electron chi connectivity index (χ2n) is 6.28. The molecule has 1 aromatic heterocycles. The van der Waals surface area contributed by atoms with Crippen LogP contribution in [0.5, 0.6) is 0 Å². The molecule has 0 atom stereocenters. The van der Waals surface area contributed by atoms with Crippen molar-refractivity contribution in [1.29, 1.82) is 0 Å². The van der Waals surface area contributed by atoms with Crippen molar-refractivity contribution < 1.29 is 9.18 Å². The van der Waals surface area contributed by atoms with Crippen LogP contribution in [-0.2, 0) is 13.0 Å². The first-order valence-corrected chi connectivity index (χ1v) is 9.30. The van der Waals surface area contributed by atoms with Gasteiger partial charge in [0.25, 0.3) is 0 Å². The lowest BCUT2D eigenvalue weighted by Gasteiger charge is -2.28. The van der Waals surface area contributed by atoms with Crippen LogP contribution >= 0.6 is 15.9 Å². The third-order valence-corrected chi connectivity index (χ3v) is 4.89. The Hall–Kier alpha value is -2.80. The van der Waals surface area contributed by atoms with E-state index in [2.05, 4.69) is 31.2 Å². The molecule has 2 aromatic carbocycles. The molecule has 7 heteroatoms. The summed E-state index contributed by atoms with van der Waals surface area (Å²) in [6.07, 6.45) is 2.40. The van der Waals surface area contributed by atoms with Crippen molar-refractivity contribution in [3.05, 3.63) is 76.3 Å². The lowest BCUT2D eigenvalue weighted by atomic mass is 10.1. The maximum atomic E-state index is 13.1. The number of carbonyl (C=O) groups excluding carboxylic acids is 1. The zero-order valence-electron chi connectivity index (χ0n) is 14.3. The van der Waals surface area contributed by atoms with E-state index >= 15 is 0 Å². The normalized spacial score (nSPS) is 13.2. The van der Waals surface area contributed by atoms with Crippen molar-refractivity contribution in [1.82, 2.24) is 14.9 Å². The van der Waals surface area contributed by atoms with Gasteiger partial charge in [0.05, 0.1) is 12.2 Å². The van der Waals surface area contributed by atoms with Gasteiger partial charge in [0.2, 0.25) is 0 Å². The Morgan fingerprint density at radius 2 is 2.00 bits per heavy atom. The molecule has 2 heterocycles. The molecule has 1 N–H and O–H groups in total. The van der Waals surface area contributed by atoms with Gasteiger partial charge in [0.15, 0.2) is 5.82 Å². The molecular weight excluding hydrogens is 411 g/mol. The van der Waals surface area contributed by atoms with Gasteiger partial charge < -0.3 is 10.2 Å². The molecule has 0 aliphatic carbocycles. The number of nitrogens with zero attached hydrogens (tertiary/aromatic N) is 3. The van der Waals surface area contributed by atoms with Crippen molar-refractivity contribution in [2.45, 2.75) is 13.0 Å². The van der Waals surface area contributed by atoms with Gasteiger partial charge in [-0.15, -0.1) is 0 Å². The Morgan fingerprint density at radius 1 is 1.19 bits per heavy atom. The Balaban J connectivity index is 1.48. The van der Waals surface area contributed by atoms with Crippen LogP contribution in [0.4, 0.5) is 14.9 Å². The van der Waals surface area contributed by atoms with Gasteiger partial charge in [-0.05, 0) is 42.5 Å². The predicted molar refractivity (Wildman–Crippen MR) is 105 cm³/mol. The molecule has 0 fully saturated rings. The molecule has 0 saturated heterocycles. The van der Waals surface area contributed by atoms with Crippen molar-refractivity contribution in [2.75, 3.05) is 11.9 Å². The van der Waals surface area contributed by atoms with Gasteiger partial charge in [-0.2, -0.15) is 0 Å². The number of amides is 2. The summed E-state index contributed by atoms with van der Waals surface area (Å²) < 4.78 is 14.0. The highest BCUT2D eigenvalue weighted by Gasteiger charge is 2.22. The first-order valence-electron chi connectivity index (χ1n) is 8.51. The van der Waals surface area contributed by atoms with Crippen LogP contribution in [0.2, 0.25) is 0 Å². The summed E-state index contributed by atoms with van der Waals surface area (Å²) in [4.78, 5) is 23.3. The van der Waals surface area contributed by atoms with Crippen molar-refractivity contribution in [2.24, 2.45) is 0 Å². The van der Waals surface area contributed by atoms with E-state index in [1.54, 1.807) is 23.2 Å². The average molecular weight is 427 g/mol. The number of nitrogens with one attached hydrogen (secondary N) is 1. The molecule has 2 amide bonds. The molecule has 1 aliphatic heterocycles. The van der Waals surface area contributed by atoms with Gasteiger partial charge in [0.1, 0.15) is 5.82 Å². The van der Waals surface area contributed by atoms with Gasteiger partial charge in [-0.25, -0.2) is 19.2 Å². The van der Waals surface area contributed by atoms with Crippen LogP contribution in [0.3, 0.4) is 0 Å². The number of aromatic nitrogens is 2. The molecular formula is C20H16BrFN4O. The zero-order chi connectivity index (χ0) is 18.8. The van der Waals surface area contributed by atoms with E-state index in [0.717, 1.165) is 27.0 Å². The zero-order valence-corrected chi connectivity index (χ0v) is 15.9. The number of halogens is 2. The minimum Gasteiger partial charge on any atom is -0.320 e. The van der Waals surface area contributed by atoms with E-state index in [1.807, 2.05) is 24.3 Å². The minimum absolute atomic E-state index is 0.152. The summed E-state index contributed by atoms with van der Waals surface area (Å²) in [5.74, 6) is 0.282. The molecule has 5 nitrogen and oxygen atoms in total. The molecule has 1 aliphatic rings. The van der Waals surface area contributed by atoms with Crippen molar-refractivity contribution >= 4 is 27.6 Å². The largest absolute Gasteiger partial charge is 0.322 e. The fourth-order valence-electron chi connectivity index (χ4n) is 3.00. The van der Waals surface area contributed by atoms with Crippen LogP contribution in [0, 0.1) is 5.82 Å². The number of hydrogen-bond donors (Lipinski definition) is 1. The van der Waals surface area contributed by atoms with Crippen LogP contribution in [0.15, 0.2) is 59.2 Å². The summed E-state index contributed by atoms with van der Waals surface area (Å²) in [5, 5.41) is 2.91. The monoisotopic (exact) mass is 426 g/mol. The number of urea groups is 1. The van der Waals surface area contributed by atoms with Crippen LogP contribution < -0.4 is 5.32 Å². The highest BCUT2D eigenvalue weighted by molar-refractivity contribution is 9.10. The fraction of sp³-hybridized carbons (Fsp3) is 0.150. The van der Waals surface area contributed by atoms with Crippen molar-refractivity contribution in [3.8, 4) is 11.4 Å². The third kappa shape index (κ3) is 3.98.